The van der Waals surface area contributed by atoms with E-state index >= 15 is 0 Å². The third kappa shape index (κ3) is 5.16. The molecule has 1 aliphatic heterocycles. The minimum absolute atomic E-state index is 0.01000. The van der Waals surface area contributed by atoms with Crippen molar-refractivity contribution in [2.45, 2.75) is 58.1 Å². The zero-order valence-corrected chi connectivity index (χ0v) is 21.7. The van der Waals surface area contributed by atoms with Crippen LogP contribution in [0.1, 0.15) is 62.3 Å². The Bertz CT molecular complexity index is 1290. The molecule has 5 rings (SSSR count). The molecule has 1 atom stereocenters. The van der Waals surface area contributed by atoms with E-state index in [0.29, 0.717) is 17.9 Å². The van der Waals surface area contributed by atoms with Gasteiger partial charge < -0.3 is 15.0 Å². The number of carbonyl (C=O) groups excluding carboxylic acids is 1. The van der Waals surface area contributed by atoms with E-state index in [4.69, 9.17) is 4.74 Å². The maximum Gasteiger partial charge on any atom is 0.236 e. The molecule has 7 heteroatoms. The lowest BCUT2D eigenvalue weighted by Crippen LogP contribution is -2.41. The number of benzene rings is 2. The second-order valence-electron chi connectivity index (χ2n) is 9.81. The second-order valence-corrected chi connectivity index (χ2v) is 10.8. The van der Waals surface area contributed by atoms with Gasteiger partial charge in [0.2, 0.25) is 5.91 Å². The number of amides is 1. The van der Waals surface area contributed by atoms with Crippen LogP contribution in [-0.2, 0) is 11.2 Å². The van der Waals surface area contributed by atoms with Crippen LogP contribution in [0.25, 0.3) is 21.0 Å². The van der Waals surface area contributed by atoms with E-state index in [0.717, 1.165) is 54.2 Å². The van der Waals surface area contributed by atoms with Crippen molar-refractivity contribution in [2.75, 3.05) is 19.6 Å². The number of nitrogens with zero attached hydrogens (tertiary/aromatic N) is 3. The third-order valence-corrected chi connectivity index (χ3v) is 8.04. The molecule has 3 aromatic rings. The lowest BCUT2D eigenvalue weighted by Gasteiger charge is -2.27. The normalized spacial score (nSPS) is 17.2. The molecule has 2 aromatic carbocycles. The van der Waals surface area contributed by atoms with Crippen LogP contribution in [0.4, 0.5) is 0 Å². The van der Waals surface area contributed by atoms with Crippen molar-refractivity contribution in [3.05, 3.63) is 59.3 Å². The fraction of sp³-hybridized carbons (Fsp3) is 0.414. The zero-order valence-electron chi connectivity index (χ0n) is 20.9. The summed E-state index contributed by atoms with van der Waals surface area (Å²) >= 11 is 1.64. The largest absolute Gasteiger partial charge is 0.490 e. The lowest BCUT2D eigenvalue weighted by atomic mass is 10.0. The van der Waals surface area contributed by atoms with E-state index in [1.807, 2.05) is 43.1 Å². The van der Waals surface area contributed by atoms with Crippen LogP contribution >= 0.6 is 11.3 Å². The Labute approximate surface area is 216 Å². The third-order valence-electron chi connectivity index (χ3n) is 6.96. The summed E-state index contributed by atoms with van der Waals surface area (Å²) in [5.74, 6) is 0.819. The van der Waals surface area contributed by atoms with Crippen molar-refractivity contribution >= 4 is 17.2 Å². The number of ether oxygens (including phenoxy) is 1. The average molecular weight is 501 g/mol. The van der Waals surface area contributed by atoms with Gasteiger partial charge in [-0.05, 0) is 80.8 Å². The average Bonchev–Trinajstić information content (AvgIpc) is 3.55. The number of aromatic nitrogens is 1. The number of hydrogen-bond acceptors (Lipinski definition) is 6. The highest BCUT2D eigenvalue weighted by atomic mass is 32.1. The SMILES string of the molecule is CC(C)Oc1ccc(-c2ncc(-c3cccc4c3CC[C@@H]4NCC(=O)N3CCCCC3)s2)cc1C#N. The van der Waals surface area contributed by atoms with Gasteiger partial charge in [0, 0.05) is 30.9 Å². The van der Waals surface area contributed by atoms with Crippen molar-refractivity contribution in [1.29, 1.82) is 5.26 Å². The Kier molecular flexibility index (Phi) is 7.35. The van der Waals surface area contributed by atoms with E-state index < -0.39 is 0 Å². The standard InChI is InChI=1S/C29H32N4O2S/c1-19(2)35-26-12-9-20(15-21(26)16-30)29-32-17-27(36-29)24-8-6-7-23-22(24)10-11-25(23)31-18-28(34)33-13-4-3-5-14-33/h6-9,12,15,17,19,25,31H,3-5,10-11,13-14,18H2,1-2H3/t25-/m0/s1. The maximum atomic E-state index is 12.6. The first-order chi connectivity index (χ1) is 17.5. The van der Waals surface area contributed by atoms with Gasteiger partial charge in [-0.15, -0.1) is 11.3 Å². The smallest absolute Gasteiger partial charge is 0.236 e. The molecule has 2 heterocycles. The fourth-order valence-electron chi connectivity index (χ4n) is 5.20. The molecule has 1 aromatic heterocycles. The minimum Gasteiger partial charge on any atom is -0.490 e. The van der Waals surface area contributed by atoms with E-state index in [1.165, 1.54) is 23.1 Å². The lowest BCUT2D eigenvalue weighted by molar-refractivity contribution is -0.131. The van der Waals surface area contributed by atoms with E-state index in [9.17, 15) is 10.1 Å². The first-order valence-electron chi connectivity index (χ1n) is 12.8. The highest BCUT2D eigenvalue weighted by Gasteiger charge is 2.27. The number of hydrogen-bond donors (Lipinski definition) is 1. The summed E-state index contributed by atoms with van der Waals surface area (Å²) in [4.78, 5) is 20.4. The number of likely N-dealkylation sites (tertiary alicyclic amines) is 1. The number of nitriles is 1. The second kappa shape index (κ2) is 10.8. The van der Waals surface area contributed by atoms with Crippen LogP contribution in [-0.4, -0.2) is 41.5 Å². The first kappa shape index (κ1) is 24.5. The topological polar surface area (TPSA) is 78.2 Å². The zero-order chi connectivity index (χ0) is 25.1. The summed E-state index contributed by atoms with van der Waals surface area (Å²) in [5, 5.41) is 14.0. The Balaban J connectivity index is 1.32. The van der Waals surface area contributed by atoms with Crippen LogP contribution in [0.15, 0.2) is 42.6 Å². The minimum atomic E-state index is 0.01000. The Morgan fingerprint density at radius 2 is 2.08 bits per heavy atom. The number of rotatable bonds is 7. The highest BCUT2D eigenvalue weighted by molar-refractivity contribution is 7.18. The molecular formula is C29H32N4O2S. The molecular weight excluding hydrogens is 468 g/mol. The summed E-state index contributed by atoms with van der Waals surface area (Å²) in [5.41, 5.74) is 5.28. The molecule has 0 saturated carbocycles. The van der Waals surface area contributed by atoms with Gasteiger partial charge in [-0.25, -0.2) is 4.98 Å². The van der Waals surface area contributed by atoms with Crippen molar-refractivity contribution in [3.63, 3.8) is 0 Å². The maximum absolute atomic E-state index is 12.6. The molecule has 1 saturated heterocycles. The molecule has 0 bridgehead atoms. The molecule has 0 unspecified atom stereocenters. The van der Waals surface area contributed by atoms with Gasteiger partial charge in [-0.1, -0.05) is 18.2 Å². The van der Waals surface area contributed by atoms with Crippen LogP contribution in [0.3, 0.4) is 0 Å². The van der Waals surface area contributed by atoms with Crippen LogP contribution < -0.4 is 10.1 Å². The molecule has 1 fully saturated rings. The predicted octanol–water partition coefficient (Wildman–Crippen LogP) is 5.73. The molecule has 1 N–H and O–H groups in total. The molecule has 6 nitrogen and oxygen atoms in total. The van der Waals surface area contributed by atoms with E-state index in [-0.39, 0.29) is 18.1 Å². The fourth-order valence-corrected chi connectivity index (χ4v) is 6.17. The number of carbonyl (C=O) groups is 1. The summed E-state index contributed by atoms with van der Waals surface area (Å²) in [6.07, 6.45) is 7.38. The summed E-state index contributed by atoms with van der Waals surface area (Å²) in [6.45, 7) is 6.09. The van der Waals surface area contributed by atoms with Crippen LogP contribution in [0.2, 0.25) is 0 Å². The van der Waals surface area contributed by atoms with Crippen molar-refractivity contribution in [1.82, 2.24) is 15.2 Å². The number of nitrogens with one attached hydrogen (secondary N) is 1. The molecule has 186 valence electrons. The van der Waals surface area contributed by atoms with Gasteiger partial charge in [0.1, 0.15) is 16.8 Å². The van der Waals surface area contributed by atoms with Gasteiger partial charge in [0.05, 0.1) is 23.1 Å². The van der Waals surface area contributed by atoms with Crippen molar-refractivity contribution in [3.8, 4) is 32.8 Å². The number of thiazole rings is 1. The quantitative estimate of drug-likeness (QED) is 0.449. The molecule has 0 radical (unpaired) electrons. The van der Waals surface area contributed by atoms with Gasteiger partial charge in [-0.2, -0.15) is 5.26 Å². The molecule has 0 spiro atoms. The van der Waals surface area contributed by atoms with Gasteiger partial charge in [0.25, 0.3) is 0 Å². The summed E-state index contributed by atoms with van der Waals surface area (Å²) in [7, 11) is 0. The molecule has 1 aliphatic carbocycles. The predicted molar refractivity (Wildman–Crippen MR) is 143 cm³/mol. The van der Waals surface area contributed by atoms with Crippen molar-refractivity contribution < 1.29 is 9.53 Å². The Morgan fingerprint density at radius 3 is 2.86 bits per heavy atom. The van der Waals surface area contributed by atoms with E-state index in [2.05, 4.69) is 34.6 Å². The van der Waals surface area contributed by atoms with E-state index in [1.54, 1.807) is 11.3 Å². The Hall–Kier alpha value is -3.21. The first-order valence-corrected chi connectivity index (χ1v) is 13.7. The highest BCUT2D eigenvalue weighted by Crippen LogP contribution is 2.41. The van der Waals surface area contributed by atoms with Crippen LogP contribution in [0, 0.1) is 11.3 Å². The van der Waals surface area contributed by atoms with Gasteiger partial charge >= 0.3 is 0 Å². The number of fused-ring (bicyclic) bond motifs is 1. The van der Waals surface area contributed by atoms with Crippen LogP contribution in [0.5, 0.6) is 5.75 Å². The molecule has 1 amide bonds. The van der Waals surface area contributed by atoms with Crippen molar-refractivity contribution in [2.24, 2.45) is 0 Å². The summed E-state index contributed by atoms with van der Waals surface area (Å²) < 4.78 is 5.76. The molecule has 2 aliphatic rings. The Morgan fingerprint density at radius 1 is 1.25 bits per heavy atom. The van der Waals surface area contributed by atoms with Gasteiger partial charge in [-0.3, -0.25) is 4.79 Å². The number of piperidine rings is 1. The van der Waals surface area contributed by atoms with Gasteiger partial charge in [0.15, 0.2) is 0 Å². The monoisotopic (exact) mass is 500 g/mol. The summed E-state index contributed by atoms with van der Waals surface area (Å²) in [6, 6.07) is 14.6. The molecule has 36 heavy (non-hydrogen) atoms.